The number of pyridine rings is 1. The van der Waals surface area contributed by atoms with Crippen LogP contribution in [0.25, 0.3) is 0 Å². The molecule has 0 spiro atoms. The van der Waals surface area contributed by atoms with E-state index >= 15 is 0 Å². The minimum Gasteiger partial charge on any atom is -0.481 e. The number of urea groups is 1. The number of H-pyrrole nitrogens is 1. The van der Waals surface area contributed by atoms with Gasteiger partial charge >= 0.3 is 12.0 Å². The van der Waals surface area contributed by atoms with Crippen LogP contribution in [0.4, 0.5) is 4.79 Å². The molecule has 0 fully saturated rings. The minimum atomic E-state index is -0.901. The lowest BCUT2D eigenvalue weighted by Gasteiger charge is -2.21. The molecular formula is C19H23N3O4. The van der Waals surface area contributed by atoms with Gasteiger partial charge in [-0.15, -0.1) is 0 Å². The van der Waals surface area contributed by atoms with Crippen LogP contribution in [-0.2, 0) is 11.2 Å². The first-order chi connectivity index (χ1) is 12.4. The number of carboxylic acid groups (broad SMARTS) is 1. The highest BCUT2D eigenvalue weighted by Gasteiger charge is 2.16. The lowest BCUT2D eigenvalue weighted by molar-refractivity contribution is -0.137. The standard InChI is InChI=1S/C19H23N3O4/c1-13(15-9-10-20-17(23)12-15)21-19(26)22-16(7-8-18(24)25)11-14-5-3-2-4-6-14/h2-6,9-10,12-13,16H,7-8,11H2,1H3,(H,20,23)(H,24,25)(H2,21,22,26). The molecule has 4 N–H and O–H groups in total. The maximum Gasteiger partial charge on any atom is 0.315 e. The van der Waals surface area contributed by atoms with Crippen molar-refractivity contribution in [2.45, 2.75) is 38.3 Å². The van der Waals surface area contributed by atoms with E-state index in [0.717, 1.165) is 5.56 Å². The second-order valence-corrected chi connectivity index (χ2v) is 6.14. The molecule has 0 aliphatic carbocycles. The second kappa shape index (κ2) is 9.41. The summed E-state index contributed by atoms with van der Waals surface area (Å²) in [5.74, 6) is -0.901. The highest BCUT2D eigenvalue weighted by molar-refractivity contribution is 5.75. The van der Waals surface area contributed by atoms with Gasteiger partial charge in [0.25, 0.3) is 0 Å². The third-order valence-corrected chi connectivity index (χ3v) is 4.01. The molecule has 7 nitrogen and oxygen atoms in total. The summed E-state index contributed by atoms with van der Waals surface area (Å²) in [5.41, 5.74) is 1.47. The topological polar surface area (TPSA) is 111 Å². The van der Waals surface area contributed by atoms with Crippen LogP contribution in [0.1, 0.15) is 36.9 Å². The Kier molecular flexibility index (Phi) is 6.96. The number of hydrogen-bond acceptors (Lipinski definition) is 3. The van der Waals surface area contributed by atoms with Gasteiger partial charge in [-0.3, -0.25) is 9.59 Å². The summed E-state index contributed by atoms with van der Waals surface area (Å²) in [7, 11) is 0. The summed E-state index contributed by atoms with van der Waals surface area (Å²) < 4.78 is 0. The molecule has 1 aromatic carbocycles. The zero-order chi connectivity index (χ0) is 18.9. The Morgan fingerprint density at radius 3 is 2.54 bits per heavy atom. The smallest absolute Gasteiger partial charge is 0.315 e. The van der Waals surface area contributed by atoms with E-state index in [1.54, 1.807) is 13.0 Å². The summed E-state index contributed by atoms with van der Waals surface area (Å²) >= 11 is 0. The minimum absolute atomic E-state index is 0.0264. The van der Waals surface area contributed by atoms with E-state index < -0.39 is 12.0 Å². The molecule has 0 aliphatic heterocycles. The molecule has 0 aliphatic rings. The summed E-state index contributed by atoms with van der Waals surface area (Å²) in [6, 6.07) is 11.7. The second-order valence-electron chi connectivity index (χ2n) is 6.14. The fraction of sp³-hybridized carbons (Fsp3) is 0.316. The van der Waals surface area contributed by atoms with Gasteiger partial charge in [-0.05, 0) is 37.0 Å². The van der Waals surface area contributed by atoms with E-state index in [1.807, 2.05) is 30.3 Å². The first-order valence-corrected chi connectivity index (χ1v) is 8.45. The number of benzene rings is 1. The number of hydrogen-bond donors (Lipinski definition) is 4. The molecule has 26 heavy (non-hydrogen) atoms. The molecule has 0 bridgehead atoms. The van der Waals surface area contributed by atoms with Gasteiger partial charge in [0.2, 0.25) is 5.56 Å². The van der Waals surface area contributed by atoms with Crippen LogP contribution in [0.5, 0.6) is 0 Å². The normalized spacial score (nSPS) is 12.8. The molecule has 2 rings (SSSR count). The predicted octanol–water partition coefficient (Wildman–Crippen LogP) is 2.21. The Hall–Kier alpha value is -3.09. The summed E-state index contributed by atoms with van der Waals surface area (Å²) in [4.78, 5) is 37.1. The van der Waals surface area contributed by atoms with Gasteiger partial charge in [0.1, 0.15) is 0 Å². The van der Waals surface area contributed by atoms with Crippen LogP contribution < -0.4 is 16.2 Å². The van der Waals surface area contributed by atoms with Crippen LogP contribution in [0, 0.1) is 0 Å². The van der Waals surface area contributed by atoms with Gasteiger partial charge in [-0.25, -0.2) is 4.79 Å². The van der Waals surface area contributed by atoms with Gasteiger partial charge in [-0.2, -0.15) is 0 Å². The number of aliphatic carboxylic acids is 1. The van der Waals surface area contributed by atoms with Gasteiger partial charge < -0.3 is 20.7 Å². The van der Waals surface area contributed by atoms with E-state index in [2.05, 4.69) is 15.6 Å². The zero-order valence-corrected chi connectivity index (χ0v) is 14.6. The summed E-state index contributed by atoms with van der Waals surface area (Å²) in [6.07, 6.45) is 2.37. The van der Waals surface area contributed by atoms with Crippen molar-refractivity contribution in [2.24, 2.45) is 0 Å². The van der Waals surface area contributed by atoms with Gasteiger partial charge in [-0.1, -0.05) is 30.3 Å². The van der Waals surface area contributed by atoms with E-state index in [-0.39, 0.29) is 24.1 Å². The van der Waals surface area contributed by atoms with Gasteiger partial charge in [0.15, 0.2) is 0 Å². The lowest BCUT2D eigenvalue weighted by Crippen LogP contribution is -2.44. The van der Waals surface area contributed by atoms with E-state index in [0.29, 0.717) is 18.4 Å². The van der Waals surface area contributed by atoms with Gasteiger partial charge in [0, 0.05) is 24.7 Å². The van der Waals surface area contributed by atoms with Crippen molar-refractivity contribution < 1.29 is 14.7 Å². The van der Waals surface area contributed by atoms with E-state index in [1.165, 1.54) is 12.3 Å². The van der Waals surface area contributed by atoms with Crippen LogP contribution in [-0.4, -0.2) is 28.1 Å². The van der Waals surface area contributed by atoms with Crippen molar-refractivity contribution in [3.8, 4) is 0 Å². The Bertz CT molecular complexity index is 789. The Morgan fingerprint density at radius 2 is 1.88 bits per heavy atom. The van der Waals surface area contributed by atoms with Crippen LogP contribution in [0.3, 0.4) is 0 Å². The molecule has 7 heteroatoms. The molecule has 2 atom stereocenters. The first-order valence-electron chi connectivity index (χ1n) is 8.45. The molecule has 2 aromatic rings. The average molecular weight is 357 g/mol. The summed E-state index contributed by atoms with van der Waals surface area (Å²) in [6.45, 7) is 1.78. The molecular weight excluding hydrogens is 334 g/mol. The van der Waals surface area contributed by atoms with Gasteiger partial charge in [0.05, 0.1) is 6.04 Å². The maximum atomic E-state index is 12.3. The third kappa shape index (κ3) is 6.43. The quantitative estimate of drug-likeness (QED) is 0.580. The molecule has 2 amide bonds. The SMILES string of the molecule is CC(NC(=O)NC(CCC(=O)O)Cc1ccccc1)c1cc[nH]c(=O)c1. The number of carboxylic acids is 1. The highest BCUT2D eigenvalue weighted by atomic mass is 16.4. The molecule has 1 aromatic heterocycles. The van der Waals surface area contributed by atoms with Crippen LogP contribution in [0.2, 0.25) is 0 Å². The van der Waals surface area contributed by atoms with Crippen molar-refractivity contribution in [3.63, 3.8) is 0 Å². The molecule has 138 valence electrons. The van der Waals surface area contributed by atoms with E-state index in [4.69, 9.17) is 5.11 Å². The monoisotopic (exact) mass is 357 g/mol. The zero-order valence-electron chi connectivity index (χ0n) is 14.6. The van der Waals surface area contributed by atoms with Crippen molar-refractivity contribution >= 4 is 12.0 Å². The lowest BCUT2D eigenvalue weighted by atomic mass is 10.0. The number of carbonyl (C=O) groups excluding carboxylic acids is 1. The van der Waals surface area contributed by atoms with Crippen molar-refractivity contribution in [2.75, 3.05) is 0 Å². The Balaban J connectivity index is 1.97. The summed E-state index contributed by atoms with van der Waals surface area (Å²) in [5, 5.41) is 14.5. The van der Waals surface area contributed by atoms with Crippen LogP contribution in [0.15, 0.2) is 53.5 Å². The Labute approximate surface area is 151 Å². The largest absolute Gasteiger partial charge is 0.481 e. The van der Waals surface area contributed by atoms with Crippen LogP contribution >= 0.6 is 0 Å². The number of aromatic amines is 1. The van der Waals surface area contributed by atoms with Crippen molar-refractivity contribution in [1.82, 2.24) is 15.6 Å². The number of nitrogens with one attached hydrogen (secondary N) is 3. The fourth-order valence-electron chi connectivity index (χ4n) is 2.66. The maximum absolute atomic E-state index is 12.3. The highest BCUT2D eigenvalue weighted by Crippen LogP contribution is 2.10. The number of aromatic nitrogens is 1. The average Bonchev–Trinajstić information content (AvgIpc) is 2.60. The molecule has 0 saturated heterocycles. The van der Waals surface area contributed by atoms with Crippen molar-refractivity contribution in [1.29, 1.82) is 0 Å². The molecule has 0 radical (unpaired) electrons. The third-order valence-electron chi connectivity index (χ3n) is 4.01. The van der Waals surface area contributed by atoms with E-state index in [9.17, 15) is 14.4 Å². The Morgan fingerprint density at radius 1 is 1.15 bits per heavy atom. The number of rotatable bonds is 8. The van der Waals surface area contributed by atoms with Crippen molar-refractivity contribution in [3.05, 3.63) is 70.1 Å². The fourth-order valence-corrected chi connectivity index (χ4v) is 2.66. The molecule has 0 saturated carbocycles. The number of amides is 2. The first kappa shape index (κ1) is 19.2. The number of carbonyl (C=O) groups is 2. The predicted molar refractivity (Wildman–Crippen MR) is 97.9 cm³/mol. The molecule has 1 heterocycles. The molecule has 2 unspecified atom stereocenters.